The summed E-state index contributed by atoms with van der Waals surface area (Å²) in [5, 5.41) is 32.2. The summed E-state index contributed by atoms with van der Waals surface area (Å²) >= 11 is 0.426. The highest BCUT2D eigenvalue weighted by atomic mass is 127. The van der Waals surface area contributed by atoms with Gasteiger partial charge in [0.25, 0.3) is 3.79 Å². The van der Waals surface area contributed by atoms with Crippen LogP contribution in [0.2, 0.25) is 0 Å². The van der Waals surface area contributed by atoms with Crippen LogP contribution in [-0.2, 0) is 9.59 Å². The fraction of sp³-hybridized carbons (Fsp3) is 0.500. The number of alkyl halides is 5. The summed E-state index contributed by atoms with van der Waals surface area (Å²) in [6.45, 7) is 9.11. The van der Waals surface area contributed by atoms with E-state index in [0.29, 0.717) is 22.6 Å². The third kappa shape index (κ3) is 11.9. The second kappa shape index (κ2) is 9.82. The summed E-state index contributed by atoms with van der Waals surface area (Å²) in [7, 11) is 0. The van der Waals surface area contributed by atoms with Gasteiger partial charge in [0, 0.05) is 18.1 Å². The Kier molecular flexibility index (Phi) is 11.4. The van der Waals surface area contributed by atoms with Crippen LogP contribution in [0.3, 0.4) is 0 Å². The Labute approximate surface area is 143 Å². The van der Waals surface area contributed by atoms with Crippen molar-refractivity contribution in [2.45, 2.75) is 36.4 Å². The third-order valence-corrected chi connectivity index (χ3v) is 2.36. The lowest BCUT2D eigenvalue weighted by molar-refractivity contribution is -0.305. The molecule has 0 bridgehead atoms. The Balaban J connectivity index is -0.000000284. The lowest BCUT2D eigenvalue weighted by Crippen LogP contribution is -2.53. The monoisotopic (exact) mass is 460 g/mol. The van der Waals surface area contributed by atoms with E-state index in [1.54, 1.807) is 0 Å². The number of hydrogen-bond donors (Lipinski definition) is 4. The number of carboxylic acids is 2. The minimum absolute atomic E-state index is 0.0904. The van der Waals surface area contributed by atoms with E-state index in [0.717, 1.165) is 0 Å². The van der Waals surface area contributed by atoms with Crippen LogP contribution < -0.4 is 0 Å². The van der Waals surface area contributed by atoms with E-state index in [-0.39, 0.29) is 18.1 Å². The van der Waals surface area contributed by atoms with Crippen LogP contribution in [0.1, 0.15) is 20.8 Å². The molecule has 0 aliphatic rings. The van der Waals surface area contributed by atoms with Crippen LogP contribution in [-0.4, -0.2) is 48.0 Å². The van der Waals surface area contributed by atoms with Gasteiger partial charge in [0.05, 0.1) is 0 Å². The molecule has 0 atom stereocenters. The van der Waals surface area contributed by atoms with Crippen LogP contribution in [0.25, 0.3) is 0 Å². The van der Waals surface area contributed by atoms with E-state index < -0.39 is 27.6 Å². The molecule has 136 valence electrons. The van der Waals surface area contributed by atoms with Crippen molar-refractivity contribution >= 4 is 34.5 Å². The van der Waals surface area contributed by atoms with Gasteiger partial charge >= 0.3 is 23.8 Å². The molecule has 0 heterocycles. The molecule has 0 aromatic heterocycles. The molecule has 0 radical (unpaired) electrons. The van der Waals surface area contributed by atoms with Crippen LogP contribution in [0, 0.1) is 0 Å². The molecule has 0 aromatic rings. The van der Waals surface area contributed by atoms with Gasteiger partial charge in [-0.3, -0.25) is 0 Å². The number of halogens is 5. The van der Waals surface area contributed by atoms with E-state index >= 15 is 0 Å². The fourth-order valence-electron chi connectivity index (χ4n) is 0.279. The molecular formula is C12H17F4IO6. The second-order valence-corrected chi connectivity index (χ2v) is 5.73. The number of aliphatic hydroxyl groups is 2. The predicted octanol–water partition coefficient (Wildman–Crippen LogP) is 2.64. The van der Waals surface area contributed by atoms with Crippen molar-refractivity contribution in [2.24, 2.45) is 0 Å². The Morgan fingerprint density at radius 3 is 1.09 bits per heavy atom. The molecular weight excluding hydrogens is 443 g/mol. The van der Waals surface area contributed by atoms with Gasteiger partial charge in [-0.05, 0) is 36.4 Å². The molecule has 0 aliphatic carbocycles. The van der Waals surface area contributed by atoms with E-state index in [9.17, 15) is 27.2 Å². The molecule has 0 amide bonds. The second-order valence-electron chi connectivity index (χ2n) is 4.22. The molecule has 0 fully saturated rings. The Morgan fingerprint density at radius 2 is 1.09 bits per heavy atom. The zero-order valence-corrected chi connectivity index (χ0v) is 14.6. The molecule has 0 spiro atoms. The van der Waals surface area contributed by atoms with Crippen molar-refractivity contribution in [3.05, 3.63) is 24.3 Å². The van der Waals surface area contributed by atoms with Gasteiger partial charge in [0.15, 0.2) is 0 Å². The first kappa shape index (κ1) is 26.7. The molecule has 0 aromatic carbocycles. The van der Waals surface area contributed by atoms with Crippen molar-refractivity contribution in [1.29, 1.82) is 0 Å². The topological polar surface area (TPSA) is 115 Å². The number of carbonyl (C=O) groups is 2. The molecule has 6 nitrogen and oxygen atoms in total. The summed E-state index contributed by atoms with van der Waals surface area (Å²) in [6.07, 6.45) is 0. The van der Waals surface area contributed by atoms with Crippen molar-refractivity contribution in [3.63, 3.8) is 0 Å². The highest BCUT2D eigenvalue weighted by molar-refractivity contribution is 14.1. The maximum Gasteiger partial charge on any atom is 0.371 e. The number of aliphatic carboxylic acids is 2. The van der Waals surface area contributed by atoms with Gasteiger partial charge in [0.1, 0.15) is 0 Å². The molecule has 23 heavy (non-hydrogen) atoms. The van der Waals surface area contributed by atoms with E-state index in [4.69, 9.17) is 20.4 Å². The van der Waals surface area contributed by atoms with Gasteiger partial charge in [0.2, 0.25) is 0 Å². The molecule has 11 heteroatoms. The highest BCUT2D eigenvalue weighted by Crippen LogP contribution is 2.43. The van der Waals surface area contributed by atoms with E-state index in [2.05, 4.69) is 13.2 Å². The van der Waals surface area contributed by atoms with Gasteiger partial charge in [-0.2, -0.15) is 17.6 Å². The molecule has 0 rings (SSSR count). The summed E-state index contributed by atoms with van der Waals surface area (Å²) in [4.78, 5) is 19.2. The third-order valence-electron chi connectivity index (χ3n) is 1.68. The summed E-state index contributed by atoms with van der Waals surface area (Å²) in [5.41, 5.74) is 0.352. The van der Waals surface area contributed by atoms with Gasteiger partial charge in [-0.25, -0.2) is 9.59 Å². The molecule has 0 aliphatic heterocycles. The van der Waals surface area contributed by atoms with Gasteiger partial charge < -0.3 is 20.4 Å². The van der Waals surface area contributed by atoms with Crippen LogP contribution in [0.15, 0.2) is 24.3 Å². The lowest BCUT2D eigenvalue weighted by atomic mass is 10.2. The fourth-order valence-corrected chi connectivity index (χ4v) is 0.753. The average molecular weight is 460 g/mol. The maximum absolute atomic E-state index is 12.2. The molecule has 0 unspecified atom stereocenters. The Morgan fingerprint density at radius 1 is 0.913 bits per heavy atom. The standard InChI is InChI=1S/C4H5F4IO2.2C4H6O2/c1-2(5,6)3(7,8)4(9,10)11;2*1-3(2)4(5)6/h10-11H,1H3;2*1H2,2H3,(H,5,6). The molecule has 4 N–H and O–H groups in total. The van der Waals surface area contributed by atoms with Crippen LogP contribution in [0.5, 0.6) is 0 Å². The first-order chi connectivity index (χ1) is 9.79. The summed E-state index contributed by atoms with van der Waals surface area (Å²) in [5.74, 6) is -11.2. The lowest BCUT2D eigenvalue weighted by Gasteiger charge is -2.29. The Bertz CT molecular complexity index is 387. The molecule has 0 saturated carbocycles. The largest absolute Gasteiger partial charge is 0.478 e. The van der Waals surface area contributed by atoms with E-state index in [1.807, 2.05) is 0 Å². The minimum atomic E-state index is -4.86. The SMILES string of the molecule is C=C(C)C(=O)O.C=C(C)C(=O)O.CC(F)(F)C(F)(F)C(O)(O)I. The summed E-state index contributed by atoms with van der Waals surface area (Å²) in [6, 6.07) is 0. The Hall–Kier alpha value is -1.21. The maximum atomic E-state index is 12.2. The number of hydrogen-bond acceptors (Lipinski definition) is 4. The number of carboxylic acid groups (broad SMARTS) is 2. The molecule has 0 saturated heterocycles. The van der Waals surface area contributed by atoms with Gasteiger partial charge in [-0.15, -0.1) is 0 Å². The van der Waals surface area contributed by atoms with Crippen LogP contribution >= 0.6 is 22.6 Å². The minimum Gasteiger partial charge on any atom is -0.478 e. The van der Waals surface area contributed by atoms with Gasteiger partial charge in [-0.1, -0.05) is 13.2 Å². The quantitative estimate of drug-likeness (QED) is 0.169. The van der Waals surface area contributed by atoms with Crippen molar-refractivity contribution in [1.82, 2.24) is 0 Å². The van der Waals surface area contributed by atoms with E-state index in [1.165, 1.54) is 13.8 Å². The zero-order valence-electron chi connectivity index (χ0n) is 12.4. The number of rotatable bonds is 4. The first-order valence-corrected chi connectivity index (χ1v) is 6.53. The zero-order chi connectivity index (χ0) is 19.8. The van der Waals surface area contributed by atoms with Crippen LogP contribution in [0.4, 0.5) is 17.6 Å². The smallest absolute Gasteiger partial charge is 0.371 e. The van der Waals surface area contributed by atoms with Crippen molar-refractivity contribution in [2.75, 3.05) is 0 Å². The summed E-state index contributed by atoms with van der Waals surface area (Å²) < 4.78 is 44.5. The van der Waals surface area contributed by atoms with Crippen molar-refractivity contribution in [3.8, 4) is 0 Å². The predicted molar refractivity (Wildman–Crippen MR) is 81.7 cm³/mol. The highest BCUT2D eigenvalue weighted by Gasteiger charge is 2.65. The average Bonchev–Trinajstić information content (AvgIpc) is 2.27. The van der Waals surface area contributed by atoms with Crippen molar-refractivity contribution < 1.29 is 47.6 Å². The normalized spacial score (nSPS) is 11.2. The first-order valence-electron chi connectivity index (χ1n) is 5.45.